The molecule has 0 aromatic heterocycles. The van der Waals surface area contributed by atoms with Crippen LogP contribution in [0.1, 0.15) is 48.0 Å². The van der Waals surface area contributed by atoms with E-state index in [4.69, 9.17) is 0 Å². The number of rotatable bonds is 4. The lowest BCUT2D eigenvalue weighted by atomic mass is 9.81. The monoisotopic (exact) mass is 370 g/mol. The van der Waals surface area contributed by atoms with Gasteiger partial charge in [0.05, 0.1) is 5.56 Å². The van der Waals surface area contributed by atoms with Gasteiger partial charge in [0.25, 0.3) is 5.91 Å². The van der Waals surface area contributed by atoms with Gasteiger partial charge in [0.2, 0.25) is 0 Å². The topological polar surface area (TPSA) is 32.3 Å². The van der Waals surface area contributed by atoms with E-state index in [0.717, 1.165) is 37.8 Å². The minimum absolute atomic E-state index is 0.0665. The highest BCUT2D eigenvalue weighted by Crippen LogP contribution is 2.35. The molecular formula is C22H24F2N2O. The van der Waals surface area contributed by atoms with Gasteiger partial charge in [-0.05, 0) is 55.5 Å². The highest BCUT2D eigenvalue weighted by atomic mass is 19.1. The van der Waals surface area contributed by atoms with Crippen molar-refractivity contribution < 1.29 is 13.6 Å². The molecule has 2 atom stereocenters. The van der Waals surface area contributed by atoms with Gasteiger partial charge >= 0.3 is 0 Å². The van der Waals surface area contributed by atoms with Crippen molar-refractivity contribution in [2.45, 2.75) is 56.8 Å². The molecule has 2 aliphatic heterocycles. The SMILES string of the molecule is O=C(NC1C[C@H]2CCC[C@H](C1)N2Cc1ccc(F)cc1)c1ccccc1F. The van der Waals surface area contributed by atoms with Crippen molar-refractivity contribution in [1.29, 1.82) is 0 Å². The smallest absolute Gasteiger partial charge is 0.254 e. The Hall–Kier alpha value is -2.27. The first-order valence-electron chi connectivity index (χ1n) is 9.66. The van der Waals surface area contributed by atoms with Crippen molar-refractivity contribution in [3.8, 4) is 0 Å². The van der Waals surface area contributed by atoms with E-state index in [0.29, 0.717) is 12.1 Å². The average molecular weight is 370 g/mol. The lowest BCUT2D eigenvalue weighted by Gasteiger charge is -2.49. The number of benzene rings is 2. The molecule has 2 heterocycles. The van der Waals surface area contributed by atoms with Crippen molar-refractivity contribution >= 4 is 5.91 Å². The molecule has 1 N–H and O–H groups in total. The van der Waals surface area contributed by atoms with Crippen LogP contribution in [0.25, 0.3) is 0 Å². The summed E-state index contributed by atoms with van der Waals surface area (Å²) in [4.78, 5) is 15.0. The number of nitrogens with one attached hydrogen (secondary N) is 1. The number of carbonyl (C=O) groups excluding carboxylic acids is 1. The van der Waals surface area contributed by atoms with Gasteiger partial charge in [-0.25, -0.2) is 8.78 Å². The van der Waals surface area contributed by atoms with E-state index in [1.54, 1.807) is 12.1 Å². The highest BCUT2D eigenvalue weighted by molar-refractivity contribution is 5.94. The van der Waals surface area contributed by atoms with Gasteiger partial charge in [0.15, 0.2) is 0 Å². The van der Waals surface area contributed by atoms with Crippen LogP contribution in [0.5, 0.6) is 0 Å². The van der Waals surface area contributed by atoms with E-state index in [2.05, 4.69) is 10.2 Å². The number of piperidine rings is 2. The van der Waals surface area contributed by atoms with Crippen molar-refractivity contribution in [3.05, 3.63) is 71.3 Å². The Morgan fingerprint density at radius 2 is 1.67 bits per heavy atom. The molecule has 0 radical (unpaired) electrons. The van der Waals surface area contributed by atoms with Gasteiger partial charge in [0, 0.05) is 24.7 Å². The molecule has 27 heavy (non-hydrogen) atoms. The lowest BCUT2D eigenvalue weighted by Crippen LogP contribution is -2.56. The fraction of sp³-hybridized carbons (Fsp3) is 0.409. The third kappa shape index (κ3) is 4.03. The molecule has 0 unspecified atom stereocenters. The van der Waals surface area contributed by atoms with Crippen molar-refractivity contribution in [3.63, 3.8) is 0 Å². The van der Waals surface area contributed by atoms with Crippen LogP contribution in [0.4, 0.5) is 8.78 Å². The molecule has 5 heteroatoms. The Kier molecular flexibility index (Phi) is 5.21. The number of nitrogens with zero attached hydrogens (tertiary/aromatic N) is 1. The number of fused-ring (bicyclic) bond motifs is 2. The first kappa shape index (κ1) is 18.1. The summed E-state index contributed by atoms with van der Waals surface area (Å²) >= 11 is 0. The van der Waals surface area contributed by atoms with Crippen LogP contribution >= 0.6 is 0 Å². The van der Waals surface area contributed by atoms with Gasteiger partial charge in [-0.3, -0.25) is 9.69 Å². The molecule has 2 saturated heterocycles. The standard InChI is InChI=1S/C22H24F2N2O/c23-16-10-8-15(9-11-16)14-26-18-4-3-5-19(26)13-17(12-18)25-22(27)20-6-1-2-7-21(20)24/h1-2,6-11,17-19H,3-5,12-14H2,(H,25,27)/t18-,19-/m1/s1. The van der Waals surface area contributed by atoms with Crippen LogP contribution in [-0.4, -0.2) is 28.9 Å². The third-order valence-electron chi connectivity index (χ3n) is 5.86. The third-order valence-corrected chi connectivity index (χ3v) is 5.86. The van der Waals surface area contributed by atoms with Crippen molar-refractivity contribution in [2.75, 3.05) is 0 Å². The van der Waals surface area contributed by atoms with E-state index >= 15 is 0 Å². The van der Waals surface area contributed by atoms with Crippen molar-refractivity contribution in [1.82, 2.24) is 10.2 Å². The summed E-state index contributed by atoms with van der Waals surface area (Å²) in [7, 11) is 0. The zero-order valence-electron chi connectivity index (χ0n) is 15.2. The molecular weight excluding hydrogens is 346 g/mol. The molecule has 0 spiro atoms. The predicted octanol–water partition coefficient (Wildman–Crippen LogP) is 4.28. The first-order chi connectivity index (χ1) is 13.1. The Labute approximate surface area is 158 Å². The predicted molar refractivity (Wildman–Crippen MR) is 100 cm³/mol. The maximum Gasteiger partial charge on any atom is 0.254 e. The summed E-state index contributed by atoms with van der Waals surface area (Å²) in [6.45, 7) is 0.809. The largest absolute Gasteiger partial charge is 0.349 e. The fourth-order valence-corrected chi connectivity index (χ4v) is 4.56. The second-order valence-corrected chi connectivity index (χ2v) is 7.66. The van der Waals surface area contributed by atoms with Gasteiger partial charge in [-0.2, -0.15) is 0 Å². The van der Waals surface area contributed by atoms with E-state index < -0.39 is 5.82 Å². The number of halogens is 2. The molecule has 0 saturated carbocycles. The Morgan fingerprint density at radius 3 is 2.33 bits per heavy atom. The van der Waals surface area contributed by atoms with Crippen molar-refractivity contribution in [2.24, 2.45) is 0 Å². The molecule has 3 nitrogen and oxygen atoms in total. The first-order valence-corrected chi connectivity index (χ1v) is 9.66. The van der Waals surface area contributed by atoms with Crippen LogP contribution < -0.4 is 5.32 Å². The number of amides is 1. The summed E-state index contributed by atoms with van der Waals surface area (Å²) in [5, 5.41) is 3.04. The average Bonchev–Trinajstić information content (AvgIpc) is 2.64. The summed E-state index contributed by atoms with van der Waals surface area (Å²) in [5.41, 5.74) is 1.22. The van der Waals surface area contributed by atoms with Gasteiger partial charge in [0.1, 0.15) is 11.6 Å². The van der Waals surface area contributed by atoms with E-state index in [1.807, 2.05) is 12.1 Å². The van der Waals surface area contributed by atoms with Gasteiger partial charge in [-0.1, -0.05) is 30.7 Å². The second-order valence-electron chi connectivity index (χ2n) is 7.66. The second kappa shape index (κ2) is 7.77. The molecule has 4 rings (SSSR count). The number of hydrogen-bond donors (Lipinski definition) is 1. The molecule has 2 aromatic carbocycles. The molecule has 2 fully saturated rings. The van der Waals surface area contributed by atoms with Crippen LogP contribution in [0.3, 0.4) is 0 Å². The lowest BCUT2D eigenvalue weighted by molar-refractivity contribution is 0.0176. The maximum atomic E-state index is 13.9. The Morgan fingerprint density at radius 1 is 1.00 bits per heavy atom. The molecule has 0 aliphatic carbocycles. The number of carbonyl (C=O) groups is 1. The Balaban J connectivity index is 1.42. The fourth-order valence-electron chi connectivity index (χ4n) is 4.56. The zero-order valence-corrected chi connectivity index (χ0v) is 15.2. The Bertz CT molecular complexity index is 794. The minimum atomic E-state index is -0.482. The van der Waals surface area contributed by atoms with Crippen LogP contribution in [0.2, 0.25) is 0 Å². The van der Waals surface area contributed by atoms with Crippen LogP contribution in [-0.2, 0) is 6.54 Å². The normalized spacial score (nSPS) is 25.2. The van der Waals surface area contributed by atoms with Gasteiger partial charge in [-0.15, -0.1) is 0 Å². The van der Waals surface area contributed by atoms with Gasteiger partial charge < -0.3 is 5.32 Å². The van der Waals surface area contributed by atoms with E-state index in [1.165, 1.54) is 30.7 Å². The molecule has 2 bridgehead atoms. The highest BCUT2D eigenvalue weighted by Gasteiger charge is 2.38. The summed E-state index contributed by atoms with van der Waals surface area (Å²) in [6, 6.07) is 13.7. The summed E-state index contributed by atoms with van der Waals surface area (Å²) in [5.74, 6) is -1.03. The molecule has 142 valence electrons. The molecule has 2 aliphatic rings. The maximum absolute atomic E-state index is 13.9. The molecule has 1 amide bonds. The van der Waals surface area contributed by atoms with E-state index in [-0.39, 0.29) is 23.3 Å². The minimum Gasteiger partial charge on any atom is -0.349 e. The summed E-state index contributed by atoms with van der Waals surface area (Å²) < 4.78 is 27.0. The zero-order chi connectivity index (χ0) is 18.8. The van der Waals surface area contributed by atoms with E-state index in [9.17, 15) is 13.6 Å². The van der Waals surface area contributed by atoms with Crippen LogP contribution in [0, 0.1) is 11.6 Å². The number of hydrogen-bond acceptors (Lipinski definition) is 2. The molecule has 2 aromatic rings. The van der Waals surface area contributed by atoms with Crippen LogP contribution in [0.15, 0.2) is 48.5 Å². The summed E-state index contributed by atoms with van der Waals surface area (Å²) in [6.07, 6.45) is 5.15. The quantitative estimate of drug-likeness (QED) is 0.871.